The molecule has 0 spiro atoms. The normalized spacial score (nSPS) is 14.9. The van der Waals surface area contributed by atoms with Gasteiger partial charge in [-0.3, -0.25) is 4.79 Å². The van der Waals surface area contributed by atoms with Gasteiger partial charge in [-0.05, 0) is 26.8 Å². The topological polar surface area (TPSA) is 38.3 Å². The van der Waals surface area contributed by atoms with Crippen molar-refractivity contribution in [3.63, 3.8) is 0 Å². The van der Waals surface area contributed by atoms with Crippen molar-refractivity contribution in [2.24, 2.45) is 0 Å². The second-order valence-corrected chi connectivity index (χ2v) is 3.51. The van der Waals surface area contributed by atoms with Crippen LogP contribution in [-0.2, 0) is 9.53 Å². The van der Waals surface area contributed by atoms with E-state index < -0.39 is 5.54 Å². The average Bonchev–Trinajstić information content (AvgIpc) is 2.21. The van der Waals surface area contributed by atoms with Crippen LogP contribution in [0.2, 0.25) is 0 Å². The number of likely N-dealkylation sites (N-methyl/N-ethyl adjacent to an activating group) is 1. The van der Waals surface area contributed by atoms with Gasteiger partial charge in [-0.15, -0.1) is 0 Å². The van der Waals surface area contributed by atoms with Gasteiger partial charge in [0.05, 0.1) is 6.61 Å². The molecule has 0 saturated carbocycles. The molecule has 3 heteroatoms. The molecule has 0 saturated heterocycles. The highest BCUT2D eigenvalue weighted by Crippen LogP contribution is 2.20. The van der Waals surface area contributed by atoms with Gasteiger partial charge in [-0.1, -0.05) is 26.7 Å². The zero-order chi connectivity index (χ0) is 11.0. The van der Waals surface area contributed by atoms with E-state index in [9.17, 15) is 4.79 Å². The highest BCUT2D eigenvalue weighted by atomic mass is 16.5. The number of rotatable bonds is 7. The molecule has 0 bridgehead atoms. The number of hydrogen-bond donors (Lipinski definition) is 1. The van der Waals surface area contributed by atoms with Crippen molar-refractivity contribution in [1.29, 1.82) is 0 Å². The van der Waals surface area contributed by atoms with Gasteiger partial charge >= 0.3 is 5.97 Å². The summed E-state index contributed by atoms with van der Waals surface area (Å²) in [4.78, 5) is 11.7. The molecule has 0 aliphatic carbocycles. The van der Waals surface area contributed by atoms with Gasteiger partial charge in [0.25, 0.3) is 0 Å². The summed E-state index contributed by atoms with van der Waals surface area (Å²) in [6, 6.07) is 0. The fourth-order valence-corrected chi connectivity index (χ4v) is 1.57. The third-order valence-corrected chi connectivity index (χ3v) is 2.71. The largest absolute Gasteiger partial charge is 0.465 e. The Bertz CT molecular complexity index is 165. The van der Waals surface area contributed by atoms with Gasteiger partial charge in [-0.2, -0.15) is 0 Å². The first kappa shape index (κ1) is 13.4. The molecule has 0 aromatic carbocycles. The lowest BCUT2D eigenvalue weighted by atomic mass is 9.90. The van der Waals surface area contributed by atoms with Gasteiger partial charge in [0.1, 0.15) is 5.54 Å². The molecule has 0 rings (SSSR count). The second-order valence-electron chi connectivity index (χ2n) is 3.51. The number of carbonyl (C=O) groups is 1. The average molecular weight is 201 g/mol. The number of esters is 1. The summed E-state index contributed by atoms with van der Waals surface area (Å²) in [7, 11) is 1.83. The molecule has 84 valence electrons. The van der Waals surface area contributed by atoms with Crippen LogP contribution in [0.15, 0.2) is 0 Å². The fourth-order valence-electron chi connectivity index (χ4n) is 1.57. The van der Waals surface area contributed by atoms with Crippen molar-refractivity contribution >= 4 is 5.97 Å². The Morgan fingerprint density at radius 2 is 2.00 bits per heavy atom. The highest BCUT2D eigenvalue weighted by molar-refractivity contribution is 5.80. The van der Waals surface area contributed by atoms with Gasteiger partial charge in [0.15, 0.2) is 0 Å². The molecule has 1 N–H and O–H groups in total. The van der Waals surface area contributed by atoms with Gasteiger partial charge in [-0.25, -0.2) is 0 Å². The maximum absolute atomic E-state index is 11.7. The number of nitrogens with one attached hydrogen (secondary N) is 1. The van der Waals surface area contributed by atoms with Crippen LogP contribution in [0.1, 0.15) is 46.5 Å². The Hall–Kier alpha value is -0.570. The molecule has 14 heavy (non-hydrogen) atoms. The minimum Gasteiger partial charge on any atom is -0.465 e. The molecule has 0 aromatic heterocycles. The Morgan fingerprint density at radius 1 is 1.36 bits per heavy atom. The van der Waals surface area contributed by atoms with E-state index in [0.717, 1.165) is 25.7 Å². The van der Waals surface area contributed by atoms with Crippen molar-refractivity contribution < 1.29 is 9.53 Å². The van der Waals surface area contributed by atoms with E-state index in [2.05, 4.69) is 12.2 Å². The van der Waals surface area contributed by atoms with Gasteiger partial charge in [0, 0.05) is 0 Å². The van der Waals surface area contributed by atoms with Gasteiger partial charge < -0.3 is 10.1 Å². The van der Waals surface area contributed by atoms with Crippen molar-refractivity contribution in [2.75, 3.05) is 13.7 Å². The smallest absolute Gasteiger partial charge is 0.326 e. The van der Waals surface area contributed by atoms with E-state index in [0.29, 0.717) is 6.61 Å². The Morgan fingerprint density at radius 3 is 2.36 bits per heavy atom. The van der Waals surface area contributed by atoms with E-state index in [1.165, 1.54) is 0 Å². The van der Waals surface area contributed by atoms with Gasteiger partial charge in [0.2, 0.25) is 0 Å². The van der Waals surface area contributed by atoms with Crippen molar-refractivity contribution in [3.05, 3.63) is 0 Å². The predicted molar refractivity (Wildman–Crippen MR) is 58.2 cm³/mol. The summed E-state index contributed by atoms with van der Waals surface area (Å²) in [5, 5.41) is 3.11. The summed E-state index contributed by atoms with van der Waals surface area (Å²) < 4.78 is 5.08. The van der Waals surface area contributed by atoms with E-state index in [4.69, 9.17) is 4.74 Å². The standard InChI is InChI=1S/C11H23NO2/c1-5-8-9-11(6-2,12-4)10(13)14-7-3/h12H,5-9H2,1-4H3. The van der Waals surface area contributed by atoms with Crippen LogP contribution < -0.4 is 5.32 Å². The van der Waals surface area contributed by atoms with Crippen LogP contribution in [-0.4, -0.2) is 25.2 Å². The molecule has 0 aliphatic heterocycles. The fraction of sp³-hybridized carbons (Fsp3) is 0.909. The maximum Gasteiger partial charge on any atom is 0.326 e. The van der Waals surface area contributed by atoms with Crippen LogP contribution in [0.3, 0.4) is 0 Å². The number of carbonyl (C=O) groups excluding carboxylic acids is 1. The first-order valence-electron chi connectivity index (χ1n) is 5.53. The second kappa shape index (κ2) is 6.82. The maximum atomic E-state index is 11.7. The lowest BCUT2D eigenvalue weighted by Gasteiger charge is -2.29. The zero-order valence-electron chi connectivity index (χ0n) is 9.85. The Labute approximate surface area is 87.2 Å². The molecular weight excluding hydrogens is 178 g/mol. The van der Waals surface area contributed by atoms with Crippen LogP contribution in [0, 0.1) is 0 Å². The molecule has 0 amide bonds. The molecule has 0 radical (unpaired) electrons. The molecule has 1 atom stereocenters. The van der Waals surface area contributed by atoms with E-state index in [1.807, 2.05) is 20.9 Å². The van der Waals surface area contributed by atoms with Crippen molar-refractivity contribution in [1.82, 2.24) is 5.32 Å². The van der Waals surface area contributed by atoms with Crippen molar-refractivity contribution in [3.8, 4) is 0 Å². The first-order valence-corrected chi connectivity index (χ1v) is 5.53. The highest BCUT2D eigenvalue weighted by Gasteiger charge is 2.35. The zero-order valence-corrected chi connectivity index (χ0v) is 9.85. The van der Waals surface area contributed by atoms with Crippen LogP contribution in [0.5, 0.6) is 0 Å². The van der Waals surface area contributed by atoms with Crippen LogP contribution in [0.4, 0.5) is 0 Å². The minimum absolute atomic E-state index is 0.113. The summed E-state index contributed by atoms with van der Waals surface area (Å²) >= 11 is 0. The lowest BCUT2D eigenvalue weighted by Crippen LogP contribution is -2.50. The SMILES string of the molecule is CCCCC(CC)(NC)C(=O)OCC. The van der Waals surface area contributed by atoms with E-state index >= 15 is 0 Å². The molecule has 0 fully saturated rings. The molecule has 0 heterocycles. The third-order valence-electron chi connectivity index (χ3n) is 2.71. The molecular formula is C11H23NO2. The van der Waals surface area contributed by atoms with Crippen LogP contribution >= 0.6 is 0 Å². The first-order chi connectivity index (χ1) is 6.66. The van der Waals surface area contributed by atoms with Crippen LogP contribution in [0.25, 0.3) is 0 Å². The quantitative estimate of drug-likeness (QED) is 0.641. The molecule has 0 aromatic rings. The Kier molecular flexibility index (Phi) is 6.54. The number of unbranched alkanes of at least 4 members (excludes halogenated alkanes) is 1. The summed E-state index contributed by atoms with van der Waals surface area (Å²) in [6.45, 7) is 6.44. The predicted octanol–water partition coefficient (Wildman–Crippen LogP) is 2.11. The molecule has 3 nitrogen and oxygen atoms in total. The molecule has 0 aliphatic rings. The van der Waals surface area contributed by atoms with E-state index in [-0.39, 0.29) is 5.97 Å². The minimum atomic E-state index is -0.466. The van der Waals surface area contributed by atoms with E-state index in [1.54, 1.807) is 0 Å². The Balaban J connectivity index is 4.42. The number of ether oxygens (including phenoxy) is 1. The summed E-state index contributed by atoms with van der Waals surface area (Å²) in [5.74, 6) is -0.113. The van der Waals surface area contributed by atoms with Crippen molar-refractivity contribution in [2.45, 2.75) is 52.0 Å². The number of hydrogen-bond acceptors (Lipinski definition) is 3. The summed E-state index contributed by atoms with van der Waals surface area (Å²) in [5.41, 5.74) is -0.466. The molecule has 1 unspecified atom stereocenters. The monoisotopic (exact) mass is 201 g/mol. The summed E-state index contributed by atoms with van der Waals surface area (Å²) in [6.07, 6.45) is 3.79. The lowest BCUT2D eigenvalue weighted by molar-refractivity contribution is -0.151. The third kappa shape index (κ3) is 3.29.